The zero-order valence-corrected chi connectivity index (χ0v) is 14.9. The predicted molar refractivity (Wildman–Crippen MR) is 100 cm³/mol. The molecule has 3 rings (SSSR count). The Hall–Kier alpha value is -2.90. The van der Waals surface area contributed by atoms with E-state index in [-0.39, 0.29) is 10.8 Å². The van der Waals surface area contributed by atoms with Crippen LogP contribution >= 0.6 is 0 Å². The van der Waals surface area contributed by atoms with E-state index in [1.165, 1.54) is 24.3 Å². The van der Waals surface area contributed by atoms with Gasteiger partial charge in [0.1, 0.15) is 5.75 Å². The number of amides is 1. The molecular formula is C19H18N2O4S. The van der Waals surface area contributed by atoms with Gasteiger partial charge in [0.05, 0.1) is 4.90 Å². The first kappa shape index (κ1) is 17.9. The Balaban J connectivity index is 1.72. The summed E-state index contributed by atoms with van der Waals surface area (Å²) in [6, 6.07) is 19.0. The summed E-state index contributed by atoms with van der Waals surface area (Å²) in [7, 11) is -3.76. The Morgan fingerprint density at radius 2 is 1.65 bits per heavy atom. The van der Waals surface area contributed by atoms with Crippen LogP contribution in [0.25, 0.3) is 10.8 Å². The van der Waals surface area contributed by atoms with Crippen LogP contribution in [0.3, 0.4) is 0 Å². The maximum atomic E-state index is 12.4. The molecule has 0 saturated heterocycles. The molecular weight excluding hydrogens is 352 g/mol. The lowest BCUT2D eigenvalue weighted by atomic mass is 10.1. The summed E-state index contributed by atoms with van der Waals surface area (Å²) in [6.45, 7) is 1.65. The van der Waals surface area contributed by atoms with Gasteiger partial charge < -0.3 is 10.1 Å². The van der Waals surface area contributed by atoms with Gasteiger partial charge in [-0.2, -0.15) is 0 Å². The summed E-state index contributed by atoms with van der Waals surface area (Å²) in [4.78, 5) is 12.3. The number of sulfonamides is 1. The second-order valence-electron chi connectivity index (χ2n) is 5.80. The Bertz CT molecular complexity index is 1040. The Kier molecular flexibility index (Phi) is 4.92. The van der Waals surface area contributed by atoms with Crippen LogP contribution in [-0.4, -0.2) is 20.4 Å². The molecule has 0 heterocycles. The summed E-state index contributed by atoms with van der Waals surface area (Å²) in [5, 5.41) is 9.69. The smallest absolute Gasteiger partial charge is 0.265 e. The fourth-order valence-corrected chi connectivity index (χ4v) is 3.03. The molecule has 3 N–H and O–H groups in total. The maximum Gasteiger partial charge on any atom is 0.265 e. The van der Waals surface area contributed by atoms with Crippen molar-refractivity contribution in [1.29, 1.82) is 0 Å². The SMILES string of the molecule is C[C@@H](Oc1cccc2ccccc12)C(=O)Nc1ccc(S(N)(=O)=O)cc1. The number of ether oxygens (including phenoxy) is 1. The Labute approximate surface area is 151 Å². The predicted octanol–water partition coefficient (Wildman–Crippen LogP) is 2.89. The van der Waals surface area contributed by atoms with Crippen molar-refractivity contribution in [2.45, 2.75) is 17.9 Å². The van der Waals surface area contributed by atoms with Gasteiger partial charge in [0, 0.05) is 11.1 Å². The minimum atomic E-state index is -3.76. The molecule has 1 amide bonds. The molecule has 0 aliphatic carbocycles. The number of anilines is 1. The van der Waals surface area contributed by atoms with Crippen LogP contribution in [0, 0.1) is 0 Å². The molecule has 0 bridgehead atoms. The van der Waals surface area contributed by atoms with E-state index in [2.05, 4.69) is 5.32 Å². The van der Waals surface area contributed by atoms with Crippen LogP contribution in [-0.2, 0) is 14.8 Å². The van der Waals surface area contributed by atoms with Gasteiger partial charge in [-0.25, -0.2) is 13.6 Å². The number of rotatable bonds is 5. The first-order chi connectivity index (χ1) is 12.3. The van der Waals surface area contributed by atoms with Crippen molar-refractivity contribution in [3.8, 4) is 5.75 Å². The van der Waals surface area contributed by atoms with Crippen molar-refractivity contribution in [1.82, 2.24) is 0 Å². The lowest BCUT2D eigenvalue weighted by Crippen LogP contribution is -2.30. The lowest BCUT2D eigenvalue weighted by Gasteiger charge is -2.16. The fourth-order valence-electron chi connectivity index (χ4n) is 2.51. The van der Waals surface area contributed by atoms with E-state index in [4.69, 9.17) is 9.88 Å². The number of carbonyl (C=O) groups excluding carboxylic acids is 1. The number of hydrogen-bond donors (Lipinski definition) is 2. The van der Waals surface area contributed by atoms with E-state index in [0.717, 1.165) is 10.8 Å². The van der Waals surface area contributed by atoms with Crippen molar-refractivity contribution >= 4 is 32.4 Å². The fraction of sp³-hybridized carbons (Fsp3) is 0.105. The third-order valence-corrected chi connectivity index (χ3v) is 4.80. The normalized spacial score (nSPS) is 12.5. The first-order valence-electron chi connectivity index (χ1n) is 7.93. The van der Waals surface area contributed by atoms with Crippen LogP contribution in [0.15, 0.2) is 71.6 Å². The quantitative estimate of drug-likeness (QED) is 0.721. The second kappa shape index (κ2) is 7.15. The van der Waals surface area contributed by atoms with Crippen molar-refractivity contribution in [2.75, 3.05) is 5.32 Å². The first-order valence-corrected chi connectivity index (χ1v) is 9.47. The minimum Gasteiger partial charge on any atom is -0.480 e. The van der Waals surface area contributed by atoms with Crippen LogP contribution in [0.2, 0.25) is 0 Å². The second-order valence-corrected chi connectivity index (χ2v) is 7.36. The van der Waals surface area contributed by atoms with Gasteiger partial charge >= 0.3 is 0 Å². The third kappa shape index (κ3) is 4.01. The summed E-state index contributed by atoms with van der Waals surface area (Å²) in [6.07, 6.45) is -0.737. The molecule has 1 atom stereocenters. The number of nitrogens with two attached hydrogens (primary N) is 1. The standard InChI is InChI=1S/C19H18N2O4S/c1-13(25-18-8-4-6-14-5-2-3-7-17(14)18)19(22)21-15-9-11-16(12-10-15)26(20,23)24/h2-13H,1H3,(H,21,22)(H2,20,23,24)/t13-/m1/s1. The number of nitrogens with one attached hydrogen (secondary N) is 1. The molecule has 0 fully saturated rings. The van der Waals surface area contributed by atoms with Crippen molar-refractivity contribution in [3.05, 3.63) is 66.7 Å². The van der Waals surface area contributed by atoms with Crippen molar-refractivity contribution < 1.29 is 17.9 Å². The van der Waals surface area contributed by atoms with Gasteiger partial charge in [-0.15, -0.1) is 0 Å². The lowest BCUT2D eigenvalue weighted by molar-refractivity contribution is -0.122. The zero-order chi connectivity index (χ0) is 18.7. The van der Waals surface area contributed by atoms with Gasteiger partial charge in [0.15, 0.2) is 6.10 Å². The van der Waals surface area contributed by atoms with E-state index >= 15 is 0 Å². The summed E-state index contributed by atoms with van der Waals surface area (Å²) in [5.41, 5.74) is 0.454. The largest absolute Gasteiger partial charge is 0.480 e. The number of primary sulfonamides is 1. The van der Waals surface area contributed by atoms with E-state index in [0.29, 0.717) is 11.4 Å². The number of fused-ring (bicyclic) bond motifs is 1. The average Bonchev–Trinajstić information content (AvgIpc) is 2.61. The average molecular weight is 370 g/mol. The molecule has 0 aromatic heterocycles. The number of hydrogen-bond acceptors (Lipinski definition) is 4. The highest BCUT2D eigenvalue weighted by Gasteiger charge is 2.16. The van der Waals surface area contributed by atoms with E-state index in [9.17, 15) is 13.2 Å². The van der Waals surface area contributed by atoms with E-state index < -0.39 is 16.1 Å². The van der Waals surface area contributed by atoms with Gasteiger partial charge in [0.2, 0.25) is 10.0 Å². The summed E-state index contributed by atoms with van der Waals surface area (Å²) < 4.78 is 28.3. The molecule has 0 aliphatic heterocycles. The van der Waals surface area contributed by atoms with Gasteiger partial charge in [-0.1, -0.05) is 36.4 Å². The molecule has 7 heteroatoms. The Morgan fingerprint density at radius 1 is 1.00 bits per heavy atom. The summed E-state index contributed by atoms with van der Waals surface area (Å²) >= 11 is 0. The summed E-state index contributed by atoms with van der Waals surface area (Å²) in [5.74, 6) is 0.275. The van der Waals surface area contributed by atoms with Crippen LogP contribution in [0.4, 0.5) is 5.69 Å². The monoisotopic (exact) mass is 370 g/mol. The highest BCUT2D eigenvalue weighted by molar-refractivity contribution is 7.89. The van der Waals surface area contributed by atoms with Crippen LogP contribution in [0.1, 0.15) is 6.92 Å². The topological polar surface area (TPSA) is 98.5 Å². The molecule has 26 heavy (non-hydrogen) atoms. The molecule has 0 aliphatic rings. The molecule has 0 saturated carbocycles. The highest BCUT2D eigenvalue weighted by atomic mass is 32.2. The van der Waals surface area contributed by atoms with Gasteiger partial charge in [-0.05, 0) is 42.6 Å². The minimum absolute atomic E-state index is 0.0180. The molecule has 0 spiro atoms. The molecule has 134 valence electrons. The van der Waals surface area contributed by atoms with Gasteiger partial charge in [-0.3, -0.25) is 4.79 Å². The van der Waals surface area contributed by atoms with Crippen molar-refractivity contribution in [2.24, 2.45) is 5.14 Å². The maximum absolute atomic E-state index is 12.4. The molecule has 6 nitrogen and oxygen atoms in total. The van der Waals surface area contributed by atoms with E-state index in [1.807, 2.05) is 42.5 Å². The van der Waals surface area contributed by atoms with Crippen molar-refractivity contribution in [3.63, 3.8) is 0 Å². The molecule has 3 aromatic rings. The van der Waals surface area contributed by atoms with E-state index in [1.54, 1.807) is 6.92 Å². The zero-order valence-electron chi connectivity index (χ0n) is 14.0. The molecule has 0 unspecified atom stereocenters. The van der Waals surface area contributed by atoms with Crippen LogP contribution < -0.4 is 15.2 Å². The third-order valence-electron chi connectivity index (χ3n) is 3.87. The van der Waals surface area contributed by atoms with Gasteiger partial charge in [0.25, 0.3) is 5.91 Å². The molecule has 0 radical (unpaired) electrons. The number of carbonyl (C=O) groups is 1. The Morgan fingerprint density at radius 3 is 2.35 bits per heavy atom. The highest BCUT2D eigenvalue weighted by Crippen LogP contribution is 2.26. The van der Waals surface area contributed by atoms with Crippen LogP contribution in [0.5, 0.6) is 5.75 Å². The molecule has 3 aromatic carbocycles. The number of benzene rings is 3.